The van der Waals surface area contributed by atoms with Crippen molar-refractivity contribution in [1.82, 2.24) is 15.4 Å². The van der Waals surface area contributed by atoms with E-state index in [1.807, 2.05) is 52.0 Å². The molecule has 1 heterocycles. The maximum absolute atomic E-state index is 10.7. The maximum atomic E-state index is 10.7. The summed E-state index contributed by atoms with van der Waals surface area (Å²) in [6.45, 7) is 8.15. The van der Waals surface area contributed by atoms with Gasteiger partial charge in [0.2, 0.25) is 0 Å². The molecule has 150 valence electrons. The predicted octanol–water partition coefficient (Wildman–Crippen LogP) is 5.52. The van der Waals surface area contributed by atoms with Crippen molar-refractivity contribution in [2.75, 3.05) is 0 Å². The molecule has 2 N–H and O–H groups in total. The Balaban J connectivity index is 2.09. The van der Waals surface area contributed by atoms with Gasteiger partial charge < -0.3 is 10.2 Å². The lowest BCUT2D eigenvalue weighted by Crippen LogP contribution is -2.02. The van der Waals surface area contributed by atoms with Crippen molar-refractivity contribution < 1.29 is 10.2 Å². The standard InChI is InChI=1S/C25H23N3O2/c1-14-5-8-19(16(3)11-14)24-23(21-10-7-18(29)13-22(21)30)25(27-28-26-24)20-9-6-15(2)12-17(20)4/h5-13,29-30H,1-4H3. The molecule has 0 aliphatic carbocycles. The first-order chi connectivity index (χ1) is 14.3. The molecule has 0 saturated heterocycles. The summed E-state index contributed by atoms with van der Waals surface area (Å²) in [5, 5.41) is 33.3. The normalized spacial score (nSPS) is 10.9. The van der Waals surface area contributed by atoms with Gasteiger partial charge in [0.1, 0.15) is 22.9 Å². The molecule has 0 radical (unpaired) electrons. The smallest absolute Gasteiger partial charge is 0.127 e. The van der Waals surface area contributed by atoms with Gasteiger partial charge in [-0.1, -0.05) is 47.5 Å². The summed E-state index contributed by atoms with van der Waals surface area (Å²) >= 11 is 0. The second-order valence-corrected chi connectivity index (χ2v) is 7.70. The van der Waals surface area contributed by atoms with E-state index >= 15 is 0 Å². The van der Waals surface area contributed by atoms with E-state index in [0.717, 1.165) is 33.4 Å². The van der Waals surface area contributed by atoms with Gasteiger partial charge in [-0.2, -0.15) is 0 Å². The Hall–Kier alpha value is -3.73. The number of phenols is 2. The summed E-state index contributed by atoms with van der Waals surface area (Å²) in [4.78, 5) is 0. The molecule has 0 saturated carbocycles. The number of nitrogens with zero attached hydrogens (tertiary/aromatic N) is 3. The Morgan fingerprint density at radius 1 is 0.600 bits per heavy atom. The number of phenolic OH excluding ortho intramolecular Hbond substituents is 2. The van der Waals surface area contributed by atoms with Crippen molar-refractivity contribution in [3.63, 3.8) is 0 Å². The van der Waals surface area contributed by atoms with Crippen LogP contribution in [0.2, 0.25) is 0 Å². The first-order valence-electron chi connectivity index (χ1n) is 9.76. The van der Waals surface area contributed by atoms with Crippen LogP contribution in [0.4, 0.5) is 0 Å². The Morgan fingerprint density at radius 3 is 1.57 bits per heavy atom. The highest BCUT2D eigenvalue weighted by Gasteiger charge is 2.22. The van der Waals surface area contributed by atoms with E-state index in [1.54, 1.807) is 12.1 Å². The van der Waals surface area contributed by atoms with Crippen molar-refractivity contribution in [1.29, 1.82) is 0 Å². The molecule has 0 aliphatic rings. The SMILES string of the molecule is Cc1ccc(-c2nnnc(-c3ccc(C)cc3C)c2-c2ccc(O)cc2O)c(C)c1. The zero-order valence-corrected chi connectivity index (χ0v) is 17.4. The average Bonchev–Trinajstić information content (AvgIpc) is 2.68. The summed E-state index contributed by atoms with van der Waals surface area (Å²) in [5.74, 6) is -0.0470. The van der Waals surface area contributed by atoms with Gasteiger partial charge >= 0.3 is 0 Å². The molecule has 4 rings (SSSR count). The third kappa shape index (κ3) is 3.50. The van der Waals surface area contributed by atoms with Crippen LogP contribution in [0.25, 0.3) is 33.6 Å². The molecule has 0 bridgehead atoms. The molecule has 5 heteroatoms. The zero-order chi connectivity index (χ0) is 21.4. The Kier molecular flexibility index (Phi) is 4.96. The van der Waals surface area contributed by atoms with Crippen molar-refractivity contribution in [3.8, 4) is 45.1 Å². The van der Waals surface area contributed by atoms with Gasteiger partial charge in [-0.3, -0.25) is 0 Å². The third-order valence-corrected chi connectivity index (χ3v) is 5.29. The van der Waals surface area contributed by atoms with Crippen LogP contribution in [-0.4, -0.2) is 25.6 Å². The van der Waals surface area contributed by atoms with Crippen molar-refractivity contribution in [3.05, 3.63) is 76.9 Å². The first-order valence-corrected chi connectivity index (χ1v) is 9.76. The predicted molar refractivity (Wildman–Crippen MR) is 118 cm³/mol. The summed E-state index contributed by atoms with van der Waals surface area (Å²) in [5.41, 5.74) is 8.76. The Morgan fingerprint density at radius 2 is 1.10 bits per heavy atom. The van der Waals surface area contributed by atoms with Gasteiger partial charge in [0, 0.05) is 28.3 Å². The minimum absolute atomic E-state index is 0.00708. The van der Waals surface area contributed by atoms with Crippen LogP contribution in [0.3, 0.4) is 0 Å². The van der Waals surface area contributed by atoms with Gasteiger partial charge in [-0.05, 0) is 56.2 Å². The number of hydrogen-bond donors (Lipinski definition) is 2. The summed E-state index contributed by atoms with van der Waals surface area (Å²) in [7, 11) is 0. The molecule has 5 nitrogen and oxygen atoms in total. The quantitative estimate of drug-likeness (QED) is 0.476. The Bertz CT molecular complexity index is 1200. The van der Waals surface area contributed by atoms with Gasteiger partial charge in [-0.25, -0.2) is 0 Å². The number of aromatic nitrogens is 3. The molecule has 1 aromatic heterocycles. The molecule has 0 fully saturated rings. The van der Waals surface area contributed by atoms with Crippen LogP contribution < -0.4 is 0 Å². The second kappa shape index (κ2) is 7.59. The summed E-state index contributed by atoms with van der Waals surface area (Å²) in [6, 6.07) is 16.8. The fraction of sp³-hybridized carbons (Fsp3) is 0.160. The molecule has 3 aromatic carbocycles. The minimum Gasteiger partial charge on any atom is -0.508 e. The lowest BCUT2D eigenvalue weighted by molar-refractivity contribution is 0.452. The fourth-order valence-corrected chi connectivity index (χ4v) is 3.85. The molecule has 0 aliphatic heterocycles. The van der Waals surface area contributed by atoms with Gasteiger partial charge in [0.05, 0.1) is 0 Å². The van der Waals surface area contributed by atoms with Crippen molar-refractivity contribution >= 4 is 0 Å². The fourth-order valence-electron chi connectivity index (χ4n) is 3.85. The number of benzene rings is 3. The van der Waals surface area contributed by atoms with E-state index in [2.05, 4.69) is 27.5 Å². The minimum atomic E-state index is -0.0400. The number of aryl methyl sites for hydroxylation is 4. The van der Waals surface area contributed by atoms with E-state index in [4.69, 9.17) is 0 Å². The van der Waals surface area contributed by atoms with E-state index in [1.165, 1.54) is 6.07 Å². The van der Waals surface area contributed by atoms with E-state index in [0.29, 0.717) is 22.5 Å². The molecule has 0 atom stereocenters. The van der Waals surface area contributed by atoms with Crippen molar-refractivity contribution in [2.45, 2.75) is 27.7 Å². The monoisotopic (exact) mass is 397 g/mol. The van der Waals surface area contributed by atoms with E-state index in [-0.39, 0.29) is 11.5 Å². The summed E-state index contributed by atoms with van der Waals surface area (Å²) < 4.78 is 0. The van der Waals surface area contributed by atoms with Gasteiger partial charge in [-0.15, -0.1) is 10.2 Å². The van der Waals surface area contributed by atoms with Gasteiger partial charge in [0.15, 0.2) is 0 Å². The van der Waals surface area contributed by atoms with Crippen LogP contribution in [0.1, 0.15) is 22.3 Å². The molecule has 0 amide bonds. The molecular formula is C25H23N3O2. The molecule has 0 unspecified atom stereocenters. The van der Waals surface area contributed by atoms with Crippen LogP contribution >= 0.6 is 0 Å². The highest BCUT2D eigenvalue weighted by Crippen LogP contribution is 2.43. The number of rotatable bonds is 3. The number of aromatic hydroxyl groups is 2. The second-order valence-electron chi connectivity index (χ2n) is 7.70. The average molecular weight is 397 g/mol. The van der Waals surface area contributed by atoms with Crippen LogP contribution in [0.15, 0.2) is 54.6 Å². The van der Waals surface area contributed by atoms with Crippen LogP contribution in [0.5, 0.6) is 11.5 Å². The van der Waals surface area contributed by atoms with Crippen molar-refractivity contribution in [2.24, 2.45) is 0 Å². The molecule has 4 aromatic rings. The number of hydrogen-bond acceptors (Lipinski definition) is 5. The molecule has 30 heavy (non-hydrogen) atoms. The topological polar surface area (TPSA) is 79.1 Å². The summed E-state index contributed by atoms with van der Waals surface area (Å²) in [6.07, 6.45) is 0. The highest BCUT2D eigenvalue weighted by atomic mass is 16.3. The maximum Gasteiger partial charge on any atom is 0.127 e. The van der Waals surface area contributed by atoms with E-state index in [9.17, 15) is 10.2 Å². The lowest BCUT2D eigenvalue weighted by Gasteiger charge is -2.17. The zero-order valence-electron chi connectivity index (χ0n) is 17.4. The lowest BCUT2D eigenvalue weighted by atomic mass is 9.90. The third-order valence-electron chi connectivity index (χ3n) is 5.29. The van der Waals surface area contributed by atoms with Crippen LogP contribution in [0, 0.1) is 27.7 Å². The largest absolute Gasteiger partial charge is 0.508 e. The molecule has 0 spiro atoms. The first kappa shape index (κ1) is 19.6. The van der Waals surface area contributed by atoms with Crippen LogP contribution in [-0.2, 0) is 0 Å². The highest BCUT2D eigenvalue weighted by molar-refractivity contribution is 5.93. The van der Waals surface area contributed by atoms with E-state index < -0.39 is 0 Å². The molecular weight excluding hydrogens is 374 g/mol. The van der Waals surface area contributed by atoms with Gasteiger partial charge in [0.25, 0.3) is 0 Å². The Labute approximate surface area is 175 Å².